The van der Waals surface area contributed by atoms with Gasteiger partial charge in [0.15, 0.2) is 6.10 Å². The summed E-state index contributed by atoms with van der Waals surface area (Å²) in [4.78, 5) is 38.4. The minimum Gasteiger partial charge on any atom is -0.462 e. The van der Waals surface area contributed by atoms with Gasteiger partial charge in [0.25, 0.3) is 0 Å². The summed E-state index contributed by atoms with van der Waals surface area (Å²) in [7, 11) is 0. The van der Waals surface area contributed by atoms with Crippen LogP contribution in [0.25, 0.3) is 0 Å². The number of hydrogen-bond donors (Lipinski definition) is 0. The first-order valence-electron chi connectivity index (χ1n) is 33.4. The molecule has 0 N–H and O–H groups in total. The lowest BCUT2D eigenvalue weighted by Gasteiger charge is -2.18. The molecule has 0 aliphatic carbocycles. The van der Waals surface area contributed by atoms with E-state index in [4.69, 9.17) is 14.2 Å². The number of esters is 3. The van der Waals surface area contributed by atoms with Crippen LogP contribution in [-0.2, 0) is 28.6 Å². The van der Waals surface area contributed by atoms with Crippen LogP contribution in [0.3, 0.4) is 0 Å². The molecule has 6 heteroatoms. The Hall–Kier alpha value is -3.93. The van der Waals surface area contributed by atoms with E-state index in [-0.39, 0.29) is 31.1 Å². The van der Waals surface area contributed by atoms with Crippen LogP contribution in [0, 0.1) is 0 Å². The molecule has 1 atom stereocenters. The van der Waals surface area contributed by atoms with Crippen LogP contribution in [0.15, 0.2) is 109 Å². The number of rotatable bonds is 60. The first kappa shape index (κ1) is 75.1. The number of carbonyl (C=O) groups is 3. The zero-order valence-corrected chi connectivity index (χ0v) is 51.9. The summed E-state index contributed by atoms with van der Waals surface area (Å²) in [5.74, 6) is -0.916. The molecule has 1 unspecified atom stereocenters. The molecular formula is C73H124O6. The molecule has 0 amide bonds. The standard InChI is InChI=1S/C73H124O6/c1-4-7-10-13-16-19-22-25-28-30-32-34-35-36-37-39-40-42-45-48-51-54-57-60-63-66-72(75)78-69-70(68-77-71(74)65-62-59-56-53-50-47-44-27-24-21-18-15-12-9-6-3)79-73(76)67-64-61-58-55-52-49-46-43-41-38-33-31-29-26-23-20-17-14-11-8-5-2/h7,10,16,19,23,25-26,28,31-34,36-37,40,42,48,51,70H,4-6,8-9,11-15,17-18,20-22,24,27,29-30,35,38-39,41,43-47,49-50,52-69H2,1-3H3/b10-7-,19-16-,26-23-,28-25-,33-31-,34-32-,37-36-,42-40-,51-48-. The van der Waals surface area contributed by atoms with E-state index < -0.39 is 6.10 Å². The molecule has 79 heavy (non-hydrogen) atoms. The van der Waals surface area contributed by atoms with Gasteiger partial charge in [0.1, 0.15) is 13.2 Å². The van der Waals surface area contributed by atoms with E-state index in [1.54, 1.807) is 0 Å². The highest BCUT2D eigenvalue weighted by molar-refractivity contribution is 5.71. The van der Waals surface area contributed by atoms with Gasteiger partial charge in [-0.15, -0.1) is 0 Å². The van der Waals surface area contributed by atoms with E-state index in [0.29, 0.717) is 19.3 Å². The Morgan fingerprint density at radius 3 is 0.785 bits per heavy atom. The summed E-state index contributed by atoms with van der Waals surface area (Å²) in [6, 6.07) is 0. The first-order valence-corrected chi connectivity index (χ1v) is 33.4. The summed E-state index contributed by atoms with van der Waals surface area (Å²) in [5.41, 5.74) is 0. The molecule has 0 radical (unpaired) electrons. The Balaban J connectivity index is 4.44. The summed E-state index contributed by atoms with van der Waals surface area (Å²) < 4.78 is 16.9. The lowest BCUT2D eigenvalue weighted by Crippen LogP contribution is -2.30. The van der Waals surface area contributed by atoms with Crippen molar-refractivity contribution in [1.82, 2.24) is 0 Å². The van der Waals surface area contributed by atoms with Crippen LogP contribution in [0.2, 0.25) is 0 Å². The fraction of sp³-hybridized carbons (Fsp3) is 0.712. The summed E-state index contributed by atoms with van der Waals surface area (Å²) >= 11 is 0. The van der Waals surface area contributed by atoms with Gasteiger partial charge in [-0.25, -0.2) is 0 Å². The van der Waals surface area contributed by atoms with Gasteiger partial charge < -0.3 is 14.2 Å². The highest BCUT2D eigenvalue weighted by Gasteiger charge is 2.19. The van der Waals surface area contributed by atoms with Crippen molar-refractivity contribution in [3.05, 3.63) is 109 Å². The van der Waals surface area contributed by atoms with Crippen molar-refractivity contribution in [3.8, 4) is 0 Å². The molecule has 0 aromatic rings. The van der Waals surface area contributed by atoms with Crippen LogP contribution in [0.1, 0.15) is 316 Å². The van der Waals surface area contributed by atoms with Crippen LogP contribution in [0.4, 0.5) is 0 Å². The van der Waals surface area contributed by atoms with Crippen LogP contribution in [-0.4, -0.2) is 37.2 Å². The highest BCUT2D eigenvalue weighted by atomic mass is 16.6. The zero-order chi connectivity index (χ0) is 57.1. The Morgan fingerprint density at radius 2 is 0.494 bits per heavy atom. The van der Waals surface area contributed by atoms with Crippen molar-refractivity contribution in [2.24, 2.45) is 0 Å². The Morgan fingerprint density at radius 1 is 0.266 bits per heavy atom. The second-order valence-electron chi connectivity index (χ2n) is 22.0. The molecule has 0 rings (SSSR count). The van der Waals surface area contributed by atoms with Crippen molar-refractivity contribution in [3.63, 3.8) is 0 Å². The van der Waals surface area contributed by atoms with Crippen molar-refractivity contribution in [2.75, 3.05) is 13.2 Å². The molecular weight excluding hydrogens is 973 g/mol. The minimum absolute atomic E-state index is 0.0889. The van der Waals surface area contributed by atoms with Crippen LogP contribution in [0.5, 0.6) is 0 Å². The topological polar surface area (TPSA) is 78.9 Å². The molecule has 452 valence electrons. The highest BCUT2D eigenvalue weighted by Crippen LogP contribution is 2.16. The quantitative estimate of drug-likeness (QED) is 0.0261. The molecule has 0 aromatic heterocycles. The van der Waals surface area contributed by atoms with E-state index in [1.807, 2.05) is 0 Å². The predicted octanol–water partition coefficient (Wildman–Crippen LogP) is 23.0. The van der Waals surface area contributed by atoms with E-state index in [9.17, 15) is 14.4 Å². The van der Waals surface area contributed by atoms with Gasteiger partial charge in [0.2, 0.25) is 0 Å². The van der Waals surface area contributed by atoms with Gasteiger partial charge in [-0.2, -0.15) is 0 Å². The first-order chi connectivity index (χ1) is 39.0. The molecule has 0 saturated heterocycles. The van der Waals surface area contributed by atoms with Gasteiger partial charge in [-0.3, -0.25) is 14.4 Å². The Labute approximate surface area is 489 Å². The van der Waals surface area contributed by atoms with Gasteiger partial charge >= 0.3 is 17.9 Å². The maximum absolute atomic E-state index is 12.9. The van der Waals surface area contributed by atoms with Crippen molar-refractivity contribution in [1.29, 1.82) is 0 Å². The van der Waals surface area contributed by atoms with Crippen molar-refractivity contribution >= 4 is 17.9 Å². The molecule has 6 nitrogen and oxygen atoms in total. The molecule has 0 heterocycles. The normalized spacial score (nSPS) is 12.8. The Kier molecular flexibility index (Phi) is 63.3. The average molecular weight is 1100 g/mol. The van der Waals surface area contributed by atoms with Gasteiger partial charge in [0.05, 0.1) is 0 Å². The zero-order valence-electron chi connectivity index (χ0n) is 51.9. The van der Waals surface area contributed by atoms with Crippen molar-refractivity contribution < 1.29 is 28.6 Å². The third kappa shape index (κ3) is 64.8. The van der Waals surface area contributed by atoms with Crippen LogP contribution >= 0.6 is 0 Å². The van der Waals surface area contributed by atoms with E-state index in [1.165, 1.54) is 161 Å². The Bertz CT molecular complexity index is 1590. The summed E-state index contributed by atoms with van der Waals surface area (Å²) in [6.45, 7) is 6.52. The maximum Gasteiger partial charge on any atom is 0.306 e. The molecule has 0 aromatic carbocycles. The summed E-state index contributed by atoms with van der Waals surface area (Å²) in [6.07, 6.45) is 90.9. The maximum atomic E-state index is 12.9. The van der Waals surface area contributed by atoms with E-state index >= 15 is 0 Å². The van der Waals surface area contributed by atoms with E-state index in [2.05, 4.69) is 130 Å². The fourth-order valence-electron chi connectivity index (χ4n) is 9.28. The number of allylic oxidation sites excluding steroid dienone is 18. The van der Waals surface area contributed by atoms with Gasteiger partial charge in [-0.1, -0.05) is 297 Å². The minimum atomic E-state index is -0.796. The van der Waals surface area contributed by atoms with E-state index in [0.717, 1.165) is 116 Å². The van der Waals surface area contributed by atoms with Crippen LogP contribution < -0.4 is 0 Å². The second-order valence-corrected chi connectivity index (χ2v) is 22.0. The average Bonchev–Trinajstić information content (AvgIpc) is 3.45. The van der Waals surface area contributed by atoms with Gasteiger partial charge in [0, 0.05) is 19.3 Å². The predicted molar refractivity (Wildman–Crippen MR) is 343 cm³/mol. The van der Waals surface area contributed by atoms with Crippen molar-refractivity contribution in [2.45, 2.75) is 322 Å². The monoisotopic (exact) mass is 1100 g/mol. The third-order valence-corrected chi connectivity index (χ3v) is 14.3. The molecule has 0 aliphatic rings. The van der Waals surface area contributed by atoms with Gasteiger partial charge in [-0.05, 0) is 109 Å². The molecule has 0 bridgehead atoms. The fourth-order valence-corrected chi connectivity index (χ4v) is 9.28. The molecule has 0 spiro atoms. The second kappa shape index (κ2) is 66.6. The number of hydrogen-bond acceptors (Lipinski definition) is 6. The lowest BCUT2D eigenvalue weighted by molar-refractivity contribution is -0.167. The lowest BCUT2D eigenvalue weighted by atomic mass is 10.0. The third-order valence-electron chi connectivity index (χ3n) is 14.3. The molecule has 0 fully saturated rings. The summed E-state index contributed by atoms with van der Waals surface area (Å²) in [5, 5.41) is 0. The molecule has 0 saturated carbocycles. The smallest absolute Gasteiger partial charge is 0.306 e. The largest absolute Gasteiger partial charge is 0.462 e. The SMILES string of the molecule is CC/C=C\C/C=C\C/C=C\C/C=C\C/C=C\C/C=C\C/C=C\CCCCCC(=O)OCC(COC(=O)CCCCCCCCCCCCCCCCC)OC(=O)CCCCCCCCCCC/C=C\C/C=C\CCCCCCC. The number of unbranched alkanes of at least 4 members (excludes halogenated alkanes) is 31. The number of carbonyl (C=O) groups excluding carboxylic acids is 3. The number of ether oxygens (including phenoxy) is 3. The molecule has 0 aliphatic heterocycles.